The van der Waals surface area contributed by atoms with Crippen molar-refractivity contribution in [3.05, 3.63) is 18.1 Å². The number of anilines is 1. The zero-order valence-electron chi connectivity index (χ0n) is 13.5. The predicted molar refractivity (Wildman–Crippen MR) is 85.4 cm³/mol. The number of rotatable bonds is 7. The summed E-state index contributed by atoms with van der Waals surface area (Å²) in [6, 6.07) is 0. The van der Waals surface area contributed by atoms with Crippen molar-refractivity contribution in [2.75, 3.05) is 38.3 Å². The molecule has 5 heteroatoms. The lowest BCUT2D eigenvalue weighted by molar-refractivity contribution is 0.139. The van der Waals surface area contributed by atoms with Gasteiger partial charge in [-0.15, -0.1) is 0 Å². The molecule has 0 amide bonds. The molecule has 2 heterocycles. The molecule has 1 aromatic rings. The molecule has 118 valence electrons. The van der Waals surface area contributed by atoms with Gasteiger partial charge in [-0.2, -0.15) is 0 Å². The Labute approximate surface area is 128 Å². The number of nitrogens with one attached hydrogen (secondary N) is 1. The third-order valence-electron chi connectivity index (χ3n) is 3.87. The second kappa shape index (κ2) is 8.29. The van der Waals surface area contributed by atoms with E-state index >= 15 is 0 Å². The lowest BCUT2D eigenvalue weighted by Crippen LogP contribution is -2.35. The molecule has 1 aromatic heterocycles. The molecule has 0 spiro atoms. The van der Waals surface area contributed by atoms with Gasteiger partial charge in [-0.3, -0.25) is 4.98 Å². The van der Waals surface area contributed by atoms with E-state index in [2.05, 4.69) is 29.0 Å². The molecule has 0 aliphatic carbocycles. The highest BCUT2D eigenvalue weighted by Crippen LogP contribution is 2.21. The number of hydrogen-bond acceptors (Lipinski definition) is 5. The average Bonchev–Trinajstić information content (AvgIpc) is 2.48. The fourth-order valence-electron chi connectivity index (χ4n) is 2.69. The first-order valence-corrected chi connectivity index (χ1v) is 7.94. The van der Waals surface area contributed by atoms with Crippen LogP contribution in [0.1, 0.15) is 32.4 Å². The molecule has 1 fully saturated rings. The second-order valence-corrected chi connectivity index (χ2v) is 6.28. The Balaban J connectivity index is 1.86. The maximum atomic E-state index is 5.25. The molecule has 21 heavy (non-hydrogen) atoms. The van der Waals surface area contributed by atoms with Gasteiger partial charge < -0.3 is 15.0 Å². The summed E-state index contributed by atoms with van der Waals surface area (Å²) in [7, 11) is 1.78. The molecule has 0 atom stereocenters. The number of aromatic nitrogens is 2. The van der Waals surface area contributed by atoms with Gasteiger partial charge in [0.1, 0.15) is 5.82 Å². The summed E-state index contributed by atoms with van der Waals surface area (Å²) in [6.45, 7) is 9.18. The minimum Gasteiger partial charge on any atom is -0.384 e. The Morgan fingerprint density at radius 3 is 2.76 bits per heavy atom. The second-order valence-electron chi connectivity index (χ2n) is 6.28. The van der Waals surface area contributed by atoms with Crippen LogP contribution in [0.15, 0.2) is 12.4 Å². The number of ether oxygens (including phenoxy) is 1. The molecule has 0 saturated carbocycles. The molecule has 1 N–H and O–H groups in total. The SMILES string of the molecule is COCC1CCN(c2cncc(CNCC(C)C)n2)CC1. The highest BCUT2D eigenvalue weighted by Gasteiger charge is 2.20. The van der Waals surface area contributed by atoms with Crippen LogP contribution in [0.5, 0.6) is 0 Å². The van der Waals surface area contributed by atoms with Crippen molar-refractivity contribution < 1.29 is 4.74 Å². The highest BCUT2D eigenvalue weighted by atomic mass is 16.5. The van der Waals surface area contributed by atoms with Crippen LogP contribution in [0.25, 0.3) is 0 Å². The van der Waals surface area contributed by atoms with Gasteiger partial charge in [0.15, 0.2) is 0 Å². The number of hydrogen-bond donors (Lipinski definition) is 1. The summed E-state index contributed by atoms with van der Waals surface area (Å²) in [5, 5.41) is 3.42. The molecular weight excluding hydrogens is 264 g/mol. The van der Waals surface area contributed by atoms with E-state index < -0.39 is 0 Å². The van der Waals surface area contributed by atoms with Gasteiger partial charge in [-0.05, 0) is 31.2 Å². The quantitative estimate of drug-likeness (QED) is 0.834. The number of piperidine rings is 1. The molecule has 0 unspecified atom stereocenters. The van der Waals surface area contributed by atoms with Crippen molar-refractivity contribution >= 4 is 5.82 Å². The normalized spacial score (nSPS) is 16.7. The van der Waals surface area contributed by atoms with E-state index in [1.54, 1.807) is 7.11 Å². The van der Waals surface area contributed by atoms with Crippen molar-refractivity contribution in [1.82, 2.24) is 15.3 Å². The lowest BCUT2D eigenvalue weighted by atomic mass is 9.98. The molecule has 5 nitrogen and oxygen atoms in total. The third kappa shape index (κ3) is 5.25. The third-order valence-corrected chi connectivity index (χ3v) is 3.87. The zero-order valence-corrected chi connectivity index (χ0v) is 13.5. The van der Waals surface area contributed by atoms with Gasteiger partial charge in [0.2, 0.25) is 0 Å². The fraction of sp³-hybridized carbons (Fsp3) is 0.750. The zero-order chi connectivity index (χ0) is 15.1. The van der Waals surface area contributed by atoms with E-state index in [1.807, 2.05) is 12.4 Å². The first-order valence-electron chi connectivity index (χ1n) is 7.94. The van der Waals surface area contributed by atoms with Crippen LogP contribution >= 0.6 is 0 Å². The van der Waals surface area contributed by atoms with Gasteiger partial charge in [0.05, 0.1) is 11.9 Å². The summed E-state index contributed by atoms with van der Waals surface area (Å²) < 4.78 is 5.25. The summed E-state index contributed by atoms with van der Waals surface area (Å²) in [5.74, 6) is 2.35. The van der Waals surface area contributed by atoms with E-state index in [-0.39, 0.29) is 0 Å². The molecule has 0 radical (unpaired) electrons. The molecule has 0 bridgehead atoms. The summed E-state index contributed by atoms with van der Waals surface area (Å²) in [6.07, 6.45) is 6.08. The summed E-state index contributed by atoms with van der Waals surface area (Å²) in [5.41, 5.74) is 1.02. The minimum atomic E-state index is 0.654. The standard InChI is InChI=1S/C16H28N4O/c1-13(2)8-17-9-15-10-18-11-16(19-15)20-6-4-14(5-7-20)12-21-3/h10-11,13-14,17H,4-9,12H2,1-3H3. The maximum absolute atomic E-state index is 5.25. The smallest absolute Gasteiger partial charge is 0.147 e. The largest absolute Gasteiger partial charge is 0.384 e. The van der Waals surface area contributed by atoms with Gasteiger partial charge in [-0.1, -0.05) is 13.8 Å². The van der Waals surface area contributed by atoms with Crippen LogP contribution in [-0.4, -0.2) is 43.3 Å². The van der Waals surface area contributed by atoms with Gasteiger partial charge >= 0.3 is 0 Å². The van der Waals surface area contributed by atoms with Crippen LogP contribution in [0, 0.1) is 11.8 Å². The van der Waals surface area contributed by atoms with E-state index in [0.717, 1.165) is 44.3 Å². The maximum Gasteiger partial charge on any atom is 0.147 e. The Kier molecular flexibility index (Phi) is 6.39. The molecule has 1 aliphatic rings. The van der Waals surface area contributed by atoms with Gasteiger partial charge in [0.25, 0.3) is 0 Å². The van der Waals surface area contributed by atoms with E-state index in [9.17, 15) is 0 Å². The Bertz CT molecular complexity index is 416. The van der Waals surface area contributed by atoms with Crippen molar-refractivity contribution in [3.63, 3.8) is 0 Å². The highest BCUT2D eigenvalue weighted by molar-refractivity contribution is 5.36. The predicted octanol–water partition coefficient (Wildman–Crippen LogP) is 2.08. The van der Waals surface area contributed by atoms with Crippen LogP contribution < -0.4 is 10.2 Å². The Morgan fingerprint density at radius 1 is 1.33 bits per heavy atom. The molecule has 1 saturated heterocycles. The topological polar surface area (TPSA) is 50.3 Å². The molecular formula is C16H28N4O. The van der Waals surface area contributed by atoms with Crippen LogP contribution in [0.3, 0.4) is 0 Å². The van der Waals surface area contributed by atoms with Gasteiger partial charge in [-0.25, -0.2) is 4.98 Å². The van der Waals surface area contributed by atoms with Crippen molar-refractivity contribution in [2.45, 2.75) is 33.2 Å². The van der Waals surface area contributed by atoms with Crippen LogP contribution in [0.2, 0.25) is 0 Å². The minimum absolute atomic E-state index is 0.654. The Hall–Kier alpha value is -1.20. The van der Waals surface area contributed by atoms with Crippen molar-refractivity contribution in [3.8, 4) is 0 Å². The van der Waals surface area contributed by atoms with Crippen molar-refractivity contribution in [1.29, 1.82) is 0 Å². The molecule has 0 aromatic carbocycles. The fourth-order valence-corrected chi connectivity index (χ4v) is 2.69. The first-order chi connectivity index (χ1) is 10.2. The van der Waals surface area contributed by atoms with Crippen LogP contribution in [0.4, 0.5) is 5.82 Å². The monoisotopic (exact) mass is 292 g/mol. The van der Waals surface area contributed by atoms with Crippen molar-refractivity contribution in [2.24, 2.45) is 11.8 Å². The Morgan fingerprint density at radius 2 is 2.10 bits per heavy atom. The summed E-state index contributed by atoms with van der Waals surface area (Å²) in [4.78, 5) is 11.4. The average molecular weight is 292 g/mol. The number of nitrogens with zero attached hydrogens (tertiary/aromatic N) is 3. The molecule has 1 aliphatic heterocycles. The summed E-state index contributed by atoms with van der Waals surface area (Å²) >= 11 is 0. The van der Waals surface area contributed by atoms with E-state index in [0.29, 0.717) is 11.8 Å². The lowest BCUT2D eigenvalue weighted by Gasteiger charge is -2.32. The first kappa shape index (κ1) is 16.2. The number of methoxy groups -OCH3 is 1. The van der Waals surface area contributed by atoms with E-state index in [1.165, 1.54) is 12.8 Å². The van der Waals surface area contributed by atoms with Gasteiger partial charge in [0, 0.05) is 39.5 Å². The van der Waals surface area contributed by atoms with Crippen LogP contribution in [-0.2, 0) is 11.3 Å². The molecule has 2 rings (SSSR count). The van der Waals surface area contributed by atoms with E-state index in [4.69, 9.17) is 9.72 Å².